The van der Waals surface area contributed by atoms with E-state index in [0.717, 1.165) is 25.7 Å². The van der Waals surface area contributed by atoms with E-state index in [1.165, 1.54) is 12.1 Å². The van der Waals surface area contributed by atoms with Crippen LogP contribution in [0.4, 0.5) is 8.78 Å². The summed E-state index contributed by atoms with van der Waals surface area (Å²) in [7, 11) is 0. The standard InChI is InChI=1S/C12H14BrF2N.ClH/c13-8-5-6-9(14)10(11(8)15)12(16)7-3-1-2-4-7;/h5-7,12H,1-4,16H2;1H/t12-;/m1./s1. The van der Waals surface area contributed by atoms with Crippen LogP contribution in [0.1, 0.15) is 37.3 Å². The van der Waals surface area contributed by atoms with Crippen LogP contribution in [0.25, 0.3) is 0 Å². The first-order valence-electron chi connectivity index (χ1n) is 5.50. The van der Waals surface area contributed by atoms with Gasteiger partial charge in [0.15, 0.2) is 0 Å². The highest BCUT2D eigenvalue weighted by molar-refractivity contribution is 9.10. The Morgan fingerprint density at radius 3 is 2.41 bits per heavy atom. The van der Waals surface area contributed by atoms with Gasteiger partial charge in [-0.1, -0.05) is 12.8 Å². The third-order valence-electron chi connectivity index (χ3n) is 3.32. The molecular formula is C12H15BrClF2N. The van der Waals surface area contributed by atoms with Gasteiger partial charge in [-0.05, 0) is 46.8 Å². The van der Waals surface area contributed by atoms with Crippen molar-refractivity contribution in [1.82, 2.24) is 0 Å². The molecule has 0 saturated heterocycles. The van der Waals surface area contributed by atoms with E-state index in [-0.39, 0.29) is 28.4 Å². The zero-order valence-corrected chi connectivity index (χ0v) is 11.7. The van der Waals surface area contributed by atoms with E-state index in [1.807, 2.05) is 0 Å². The first-order valence-corrected chi connectivity index (χ1v) is 6.29. The number of hydrogen-bond acceptors (Lipinski definition) is 1. The Bertz CT molecular complexity index is 394. The first-order chi connectivity index (χ1) is 7.61. The van der Waals surface area contributed by atoms with Gasteiger partial charge >= 0.3 is 0 Å². The summed E-state index contributed by atoms with van der Waals surface area (Å²) in [6, 6.07) is 2.10. The van der Waals surface area contributed by atoms with Crippen LogP contribution in [0.15, 0.2) is 16.6 Å². The second-order valence-corrected chi connectivity index (χ2v) is 5.18. The minimum atomic E-state index is -0.556. The van der Waals surface area contributed by atoms with Crippen molar-refractivity contribution in [3.63, 3.8) is 0 Å². The van der Waals surface area contributed by atoms with E-state index in [0.29, 0.717) is 0 Å². The molecule has 0 radical (unpaired) electrons. The molecule has 1 fully saturated rings. The van der Waals surface area contributed by atoms with Crippen LogP contribution in [0.3, 0.4) is 0 Å². The summed E-state index contributed by atoms with van der Waals surface area (Å²) >= 11 is 3.06. The fraction of sp³-hybridized carbons (Fsp3) is 0.500. The number of benzene rings is 1. The van der Waals surface area contributed by atoms with Crippen LogP contribution < -0.4 is 5.73 Å². The van der Waals surface area contributed by atoms with E-state index in [1.54, 1.807) is 0 Å². The van der Waals surface area contributed by atoms with Crippen molar-refractivity contribution in [3.05, 3.63) is 33.8 Å². The molecule has 0 heterocycles. The Balaban J connectivity index is 0.00000144. The summed E-state index contributed by atoms with van der Waals surface area (Å²) in [5.74, 6) is -0.891. The maximum absolute atomic E-state index is 13.8. The van der Waals surface area contributed by atoms with Crippen LogP contribution in [-0.2, 0) is 0 Å². The summed E-state index contributed by atoms with van der Waals surface area (Å²) < 4.78 is 27.7. The molecule has 96 valence electrons. The highest BCUT2D eigenvalue weighted by atomic mass is 79.9. The highest BCUT2D eigenvalue weighted by Crippen LogP contribution is 2.37. The summed E-state index contributed by atoms with van der Waals surface area (Å²) in [5, 5.41) is 0. The zero-order valence-electron chi connectivity index (χ0n) is 9.26. The van der Waals surface area contributed by atoms with Crippen molar-refractivity contribution in [2.75, 3.05) is 0 Å². The van der Waals surface area contributed by atoms with Crippen molar-refractivity contribution < 1.29 is 8.78 Å². The van der Waals surface area contributed by atoms with E-state index >= 15 is 0 Å². The second-order valence-electron chi connectivity index (χ2n) is 4.33. The van der Waals surface area contributed by atoms with Gasteiger partial charge in [0.25, 0.3) is 0 Å². The Kier molecular flexibility index (Phi) is 5.35. The van der Waals surface area contributed by atoms with Crippen molar-refractivity contribution in [2.45, 2.75) is 31.7 Å². The first kappa shape index (κ1) is 14.9. The topological polar surface area (TPSA) is 26.0 Å². The summed E-state index contributed by atoms with van der Waals surface area (Å²) in [5.41, 5.74) is 6.00. The van der Waals surface area contributed by atoms with E-state index in [2.05, 4.69) is 15.9 Å². The molecular weight excluding hydrogens is 311 g/mol. The van der Waals surface area contributed by atoms with Crippen molar-refractivity contribution in [1.29, 1.82) is 0 Å². The minimum absolute atomic E-state index is 0. The Hall–Kier alpha value is -0.190. The molecule has 5 heteroatoms. The lowest BCUT2D eigenvalue weighted by Crippen LogP contribution is -2.22. The van der Waals surface area contributed by atoms with E-state index in [4.69, 9.17) is 5.73 Å². The van der Waals surface area contributed by atoms with Gasteiger partial charge in [-0.15, -0.1) is 12.4 Å². The lowest BCUT2D eigenvalue weighted by Gasteiger charge is -2.20. The molecule has 2 rings (SSSR count). The molecule has 0 aromatic heterocycles. The second kappa shape index (κ2) is 6.12. The van der Waals surface area contributed by atoms with Crippen LogP contribution in [-0.4, -0.2) is 0 Å². The monoisotopic (exact) mass is 325 g/mol. The molecule has 1 atom stereocenters. The maximum atomic E-state index is 13.8. The predicted molar refractivity (Wildman–Crippen MR) is 70.2 cm³/mol. The molecule has 1 aliphatic carbocycles. The zero-order chi connectivity index (χ0) is 11.7. The molecule has 0 spiro atoms. The summed E-state index contributed by atoms with van der Waals surface area (Å²) in [4.78, 5) is 0. The lowest BCUT2D eigenvalue weighted by atomic mass is 9.92. The fourth-order valence-corrected chi connectivity index (χ4v) is 2.75. The van der Waals surface area contributed by atoms with Gasteiger partial charge in [0.2, 0.25) is 0 Å². The van der Waals surface area contributed by atoms with E-state index in [9.17, 15) is 8.78 Å². The average Bonchev–Trinajstić information content (AvgIpc) is 2.77. The normalized spacial score (nSPS) is 17.9. The Morgan fingerprint density at radius 1 is 1.24 bits per heavy atom. The highest BCUT2D eigenvalue weighted by Gasteiger charge is 2.28. The van der Waals surface area contributed by atoms with Crippen molar-refractivity contribution in [2.24, 2.45) is 11.7 Å². The van der Waals surface area contributed by atoms with E-state index < -0.39 is 17.7 Å². The number of halogens is 4. The summed E-state index contributed by atoms with van der Waals surface area (Å²) in [6.45, 7) is 0. The SMILES string of the molecule is Cl.N[C@@H](c1c(F)ccc(Br)c1F)C1CCCC1. The third-order valence-corrected chi connectivity index (χ3v) is 3.93. The van der Waals surface area contributed by atoms with Crippen molar-refractivity contribution >= 4 is 28.3 Å². The minimum Gasteiger partial charge on any atom is -0.324 e. The fourth-order valence-electron chi connectivity index (χ4n) is 2.40. The molecule has 1 saturated carbocycles. The molecule has 0 bridgehead atoms. The van der Waals surface area contributed by atoms with Crippen LogP contribution >= 0.6 is 28.3 Å². The Morgan fingerprint density at radius 2 is 1.82 bits per heavy atom. The van der Waals surface area contributed by atoms with Gasteiger partial charge in [0.1, 0.15) is 11.6 Å². The van der Waals surface area contributed by atoms with Crippen molar-refractivity contribution in [3.8, 4) is 0 Å². The van der Waals surface area contributed by atoms with Gasteiger partial charge in [-0.25, -0.2) is 8.78 Å². The van der Waals surface area contributed by atoms with Gasteiger partial charge in [-0.2, -0.15) is 0 Å². The number of hydrogen-bond donors (Lipinski definition) is 1. The smallest absolute Gasteiger partial charge is 0.145 e. The molecule has 1 nitrogen and oxygen atoms in total. The molecule has 1 aliphatic rings. The van der Waals surface area contributed by atoms with Crippen LogP contribution in [0.5, 0.6) is 0 Å². The number of rotatable bonds is 2. The lowest BCUT2D eigenvalue weighted by molar-refractivity contribution is 0.409. The average molecular weight is 327 g/mol. The molecule has 17 heavy (non-hydrogen) atoms. The van der Waals surface area contributed by atoms with Crippen LogP contribution in [0, 0.1) is 17.6 Å². The maximum Gasteiger partial charge on any atom is 0.145 e. The third kappa shape index (κ3) is 2.98. The van der Waals surface area contributed by atoms with Gasteiger partial charge in [0, 0.05) is 11.6 Å². The molecule has 1 aromatic rings. The number of nitrogens with two attached hydrogens (primary N) is 1. The predicted octanol–water partition coefficient (Wildman–Crippen LogP) is 4.34. The largest absolute Gasteiger partial charge is 0.324 e. The quantitative estimate of drug-likeness (QED) is 0.804. The van der Waals surface area contributed by atoms with Crippen LogP contribution in [0.2, 0.25) is 0 Å². The molecule has 1 aromatic carbocycles. The molecule has 0 unspecified atom stereocenters. The summed E-state index contributed by atoms with van der Waals surface area (Å²) in [6.07, 6.45) is 4.14. The van der Waals surface area contributed by atoms with Gasteiger partial charge < -0.3 is 5.73 Å². The van der Waals surface area contributed by atoms with Gasteiger partial charge in [-0.3, -0.25) is 0 Å². The van der Waals surface area contributed by atoms with Gasteiger partial charge in [0.05, 0.1) is 4.47 Å². The Labute approximate surface area is 114 Å². The molecule has 0 aliphatic heterocycles. The molecule has 0 amide bonds. The molecule has 2 N–H and O–H groups in total.